The van der Waals surface area contributed by atoms with Gasteiger partial charge in [0, 0.05) is 7.05 Å². The van der Waals surface area contributed by atoms with Crippen LogP contribution in [-0.2, 0) is 14.6 Å². The summed E-state index contributed by atoms with van der Waals surface area (Å²) in [6.45, 7) is 6.13. The molecule has 2 N–H and O–H groups in total. The molecule has 0 spiro atoms. The number of hydrogen-bond acceptors (Lipinski definition) is 8. The van der Waals surface area contributed by atoms with Gasteiger partial charge in [0.2, 0.25) is 0 Å². The van der Waals surface area contributed by atoms with E-state index in [4.69, 9.17) is 9.20 Å². The second kappa shape index (κ2) is 15.1. The predicted molar refractivity (Wildman–Crippen MR) is 153 cm³/mol. The molecule has 0 bridgehead atoms. The molecule has 0 fully saturated rings. The maximum absolute atomic E-state index is 14.9. The first-order valence-corrected chi connectivity index (χ1v) is 20.2. The number of halogens is 7. The summed E-state index contributed by atoms with van der Waals surface area (Å²) < 4.78 is 106. The van der Waals surface area contributed by atoms with Crippen LogP contribution in [0, 0.1) is 0 Å². The van der Waals surface area contributed by atoms with Crippen molar-refractivity contribution >= 4 is 32.6 Å². The first kappa shape index (κ1) is 38.5. The fourth-order valence-electron chi connectivity index (χ4n) is 4.84. The van der Waals surface area contributed by atoms with Gasteiger partial charge < -0.3 is 0 Å². The summed E-state index contributed by atoms with van der Waals surface area (Å²) in [5.74, 6) is -4.67. The van der Waals surface area contributed by atoms with E-state index in [1.54, 1.807) is 20.8 Å². The Morgan fingerprint density at radius 1 is 0.830 bits per heavy atom. The Morgan fingerprint density at radius 2 is 1.34 bits per heavy atom. The van der Waals surface area contributed by atoms with Gasteiger partial charge in [0.25, 0.3) is 11.8 Å². The number of carboxylic acids is 1. The molecule has 1 heterocycles. The van der Waals surface area contributed by atoms with Crippen LogP contribution in [0.3, 0.4) is 0 Å². The molecule has 0 saturated heterocycles. The van der Waals surface area contributed by atoms with Crippen molar-refractivity contribution in [1.82, 2.24) is 10.2 Å². The molecule has 2 aromatic carbocycles. The molecule has 18 heteroatoms. The summed E-state index contributed by atoms with van der Waals surface area (Å²) >= 11 is -3.60. The third-order valence-electron chi connectivity index (χ3n) is 6.85. The van der Waals surface area contributed by atoms with Crippen LogP contribution in [0.25, 0.3) is 0 Å². The molecule has 10 nitrogen and oxygen atoms in total. The van der Waals surface area contributed by atoms with E-state index in [1.807, 2.05) is 0 Å². The van der Waals surface area contributed by atoms with Crippen LogP contribution in [0.4, 0.5) is 26.3 Å². The average molecular weight is 810 g/mol. The third kappa shape index (κ3) is 7.55. The second-order valence-corrected chi connectivity index (χ2v) is 18.8. The summed E-state index contributed by atoms with van der Waals surface area (Å²) in [6, 6.07) is 2.52. The SMILES string of the molecule is CCO[I-](OCC)(OCC)SCCCNC(=O)c1cc(C(c2ccc3c(c2)C(=O)N(C)C3=O)(C(F)(F)F)C(F)(F)F)ccc1C(=O)O. The molecule has 0 atom stereocenters. The molecular weight excluding hydrogens is 777 g/mol. The number of benzene rings is 2. The molecule has 0 radical (unpaired) electrons. The molecule has 0 aromatic heterocycles. The number of fused-ring (bicyclic) bond motifs is 1. The molecule has 1 aliphatic rings. The molecule has 0 aliphatic carbocycles. The van der Waals surface area contributed by atoms with Crippen LogP contribution in [0.5, 0.6) is 0 Å². The summed E-state index contributed by atoms with van der Waals surface area (Å²) in [5, 5.41) is 12.0. The Hall–Kier alpha value is -2.94. The van der Waals surface area contributed by atoms with Crippen LogP contribution in [0.1, 0.15) is 79.8 Å². The zero-order valence-corrected chi connectivity index (χ0v) is 28.5. The molecule has 3 amide bonds. The molecule has 2 aromatic rings. The van der Waals surface area contributed by atoms with Gasteiger partial charge in [0.1, 0.15) is 0 Å². The molecule has 3 rings (SSSR count). The number of nitrogens with zero attached hydrogens (tertiary/aromatic N) is 1. The first-order chi connectivity index (χ1) is 21.9. The van der Waals surface area contributed by atoms with E-state index in [2.05, 4.69) is 5.32 Å². The van der Waals surface area contributed by atoms with E-state index in [-0.39, 0.29) is 24.6 Å². The standard InChI is InChI=1S/C29H32F6IN2O8S/c1-5-44-36(45-6-2,46-7-3)47-14-8-13-37-23(39)21-15-17(10-12-20(21)26(42)43)27(28(30,31)32,29(33,34)35)18-9-11-19-22(16-18)25(41)38(4)24(19)40/h9-12,15-16H,5-8,13-14H2,1-4H3,(H,37,39)(H,42,43)/q-1. The van der Waals surface area contributed by atoms with E-state index >= 15 is 0 Å². The number of alkyl halides is 6. The minimum absolute atomic E-state index is 0.130. The number of nitrogens with one attached hydrogen (secondary N) is 1. The number of imide groups is 1. The van der Waals surface area contributed by atoms with Crippen molar-refractivity contribution in [2.45, 2.75) is 45.0 Å². The summed E-state index contributed by atoms with van der Waals surface area (Å²) in [4.78, 5) is 50.3. The predicted octanol–water partition coefficient (Wildman–Crippen LogP) is 2.80. The maximum atomic E-state index is 14.9. The van der Waals surface area contributed by atoms with Crippen molar-refractivity contribution in [1.29, 1.82) is 0 Å². The number of carbonyl (C=O) groups is 4. The van der Waals surface area contributed by atoms with E-state index in [0.29, 0.717) is 60.8 Å². The Kier molecular flexibility index (Phi) is 12.4. The first-order valence-electron chi connectivity index (χ1n) is 14.0. The van der Waals surface area contributed by atoms with Crippen molar-refractivity contribution in [2.75, 3.05) is 39.2 Å². The van der Waals surface area contributed by atoms with Gasteiger partial charge in [0.05, 0.1) is 11.1 Å². The van der Waals surface area contributed by atoms with Crippen molar-refractivity contribution in [3.05, 3.63) is 69.8 Å². The Bertz CT molecular complexity index is 1490. The summed E-state index contributed by atoms with van der Waals surface area (Å²) in [7, 11) is 2.31. The molecule has 0 unspecified atom stereocenters. The van der Waals surface area contributed by atoms with Crippen LogP contribution < -0.4 is 23.6 Å². The van der Waals surface area contributed by atoms with Crippen LogP contribution >= 0.6 is 8.93 Å². The number of rotatable bonds is 15. The quantitative estimate of drug-likeness (QED) is 0.121. The average Bonchev–Trinajstić information content (AvgIpc) is 3.19. The number of hydrogen-bond donors (Lipinski definition) is 2. The Balaban J connectivity index is 2.03. The zero-order valence-electron chi connectivity index (χ0n) is 25.5. The third-order valence-corrected chi connectivity index (χ3v) is 17.1. The molecule has 262 valence electrons. The number of amides is 3. The number of aromatic carboxylic acids is 1. The summed E-state index contributed by atoms with van der Waals surface area (Å²) in [6.07, 6.45) is -12.0. The van der Waals surface area contributed by atoms with E-state index < -0.39 is 87.6 Å². The van der Waals surface area contributed by atoms with Crippen molar-refractivity contribution in [3.8, 4) is 0 Å². The van der Waals surface area contributed by atoms with Gasteiger partial charge in [-0.15, -0.1) is 0 Å². The Morgan fingerprint density at radius 3 is 1.85 bits per heavy atom. The van der Waals surface area contributed by atoms with Crippen LogP contribution in [-0.4, -0.2) is 85.2 Å². The van der Waals surface area contributed by atoms with Gasteiger partial charge in [-0.05, 0) is 6.07 Å². The van der Waals surface area contributed by atoms with Crippen LogP contribution in [0.2, 0.25) is 0 Å². The van der Waals surface area contributed by atoms with Gasteiger partial charge in [-0.3, -0.25) is 14.5 Å². The Labute approximate surface area is 274 Å². The number of carboxylic acid groups (broad SMARTS) is 1. The van der Waals surface area contributed by atoms with E-state index in [0.717, 1.165) is 7.05 Å². The second-order valence-electron chi connectivity index (χ2n) is 9.73. The van der Waals surface area contributed by atoms with Gasteiger partial charge in [-0.25, -0.2) is 0 Å². The molecule has 47 heavy (non-hydrogen) atoms. The molecular formula is C29H32F6IN2O8S-. The number of carbonyl (C=O) groups excluding carboxylic acids is 3. The fraction of sp³-hybridized carbons (Fsp3) is 0.448. The van der Waals surface area contributed by atoms with Gasteiger partial charge in [-0.1, -0.05) is 0 Å². The topological polar surface area (TPSA) is 131 Å². The fourth-order valence-corrected chi connectivity index (χ4v) is 14.3. The molecule has 1 aliphatic heterocycles. The minimum atomic E-state index is -6.12. The van der Waals surface area contributed by atoms with E-state index in [9.17, 15) is 50.6 Å². The van der Waals surface area contributed by atoms with Gasteiger partial charge >= 0.3 is 224 Å². The monoisotopic (exact) mass is 809 g/mol. The van der Waals surface area contributed by atoms with Crippen molar-refractivity contribution in [2.24, 2.45) is 0 Å². The van der Waals surface area contributed by atoms with Crippen molar-refractivity contribution < 1.29 is 78.1 Å². The molecule has 0 saturated carbocycles. The summed E-state index contributed by atoms with van der Waals surface area (Å²) in [5.41, 5.74) is -10.6. The van der Waals surface area contributed by atoms with Gasteiger partial charge in [-0.2, -0.15) is 0 Å². The normalized spacial score (nSPS) is 14.4. The van der Waals surface area contributed by atoms with Crippen LogP contribution in [0.15, 0.2) is 36.4 Å². The van der Waals surface area contributed by atoms with Crippen molar-refractivity contribution in [3.63, 3.8) is 0 Å². The van der Waals surface area contributed by atoms with Gasteiger partial charge in [0.15, 0.2) is 0 Å². The van der Waals surface area contributed by atoms with E-state index in [1.165, 1.54) is 8.93 Å². The zero-order chi connectivity index (χ0) is 35.4.